The summed E-state index contributed by atoms with van der Waals surface area (Å²) >= 11 is 5.95. The van der Waals surface area contributed by atoms with E-state index in [4.69, 9.17) is 11.6 Å². The molecule has 0 unspecified atom stereocenters. The zero-order valence-corrected chi connectivity index (χ0v) is 12.8. The Bertz CT molecular complexity index is 696. The third-order valence-electron chi connectivity index (χ3n) is 3.21. The highest BCUT2D eigenvalue weighted by atomic mass is 35.5. The molecule has 2 aromatic rings. The van der Waals surface area contributed by atoms with Gasteiger partial charge in [-0.1, -0.05) is 41.4 Å². The molecule has 2 rings (SSSR count). The average Bonchev–Trinajstić information content (AvgIpc) is 2.40. The molecule has 0 amide bonds. The quantitative estimate of drug-likeness (QED) is 0.942. The van der Waals surface area contributed by atoms with Crippen molar-refractivity contribution in [3.63, 3.8) is 0 Å². The molecule has 0 heterocycles. The lowest BCUT2D eigenvalue weighted by Crippen LogP contribution is -2.54. The van der Waals surface area contributed by atoms with Gasteiger partial charge in [0, 0.05) is 5.02 Å². The van der Waals surface area contributed by atoms with Crippen molar-refractivity contribution in [3.8, 4) is 0 Å². The first-order valence-electron chi connectivity index (χ1n) is 6.30. The molecule has 0 saturated heterocycles. The van der Waals surface area contributed by atoms with E-state index in [9.17, 15) is 8.42 Å². The summed E-state index contributed by atoms with van der Waals surface area (Å²) in [7, 11) is -3.46. The van der Waals surface area contributed by atoms with Crippen LogP contribution in [-0.4, -0.2) is 15.0 Å². The lowest BCUT2D eigenvalue weighted by atomic mass is 10.1. The predicted molar refractivity (Wildman–Crippen MR) is 80.3 cm³/mol. The normalized spacial score (nSPS) is 13.2. The van der Waals surface area contributed by atoms with Crippen LogP contribution >= 0.6 is 11.6 Å². The molecule has 0 radical (unpaired) electrons. The summed E-state index contributed by atoms with van der Waals surface area (Å²) in [5, 5.41) is -0.149. The number of hydrogen-bond acceptors (Lipinski definition) is 2. The van der Waals surface area contributed by atoms with Gasteiger partial charge in [-0.3, -0.25) is 0 Å². The van der Waals surface area contributed by atoms with Gasteiger partial charge < -0.3 is 5.73 Å². The number of rotatable bonds is 4. The van der Waals surface area contributed by atoms with Crippen LogP contribution in [0.2, 0.25) is 5.02 Å². The molecule has 20 heavy (non-hydrogen) atoms. The van der Waals surface area contributed by atoms with Crippen molar-refractivity contribution < 1.29 is 14.2 Å². The van der Waals surface area contributed by atoms with E-state index in [1.165, 1.54) is 0 Å². The van der Waals surface area contributed by atoms with Crippen molar-refractivity contribution in [1.82, 2.24) is 0 Å². The second-order valence-electron chi connectivity index (χ2n) is 4.69. The molecule has 0 fully saturated rings. The van der Waals surface area contributed by atoms with Gasteiger partial charge in [-0.15, -0.1) is 0 Å². The van der Waals surface area contributed by atoms with E-state index in [1.54, 1.807) is 48.5 Å². The molecular weight excluding hydrogens is 294 g/mol. The number of sulfone groups is 1. The van der Waals surface area contributed by atoms with Crippen LogP contribution in [0.5, 0.6) is 0 Å². The van der Waals surface area contributed by atoms with E-state index >= 15 is 0 Å². The van der Waals surface area contributed by atoms with Crippen LogP contribution in [0.15, 0.2) is 53.4 Å². The molecule has 0 aliphatic heterocycles. The topological polar surface area (TPSA) is 61.8 Å². The van der Waals surface area contributed by atoms with Crippen LogP contribution in [0.4, 0.5) is 0 Å². The fourth-order valence-electron chi connectivity index (χ4n) is 2.10. The molecule has 0 aromatic heterocycles. The van der Waals surface area contributed by atoms with Gasteiger partial charge in [0.25, 0.3) is 0 Å². The minimum Gasteiger partial charge on any atom is -0.356 e. The molecule has 0 aliphatic carbocycles. The first-order valence-corrected chi connectivity index (χ1v) is 8.23. The van der Waals surface area contributed by atoms with E-state index in [-0.39, 0.29) is 6.54 Å². The number of quaternary nitrogens is 1. The van der Waals surface area contributed by atoms with E-state index in [2.05, 4.69) is 5.73 Å². The minimum atomic E-state index is -3.46. The van der Waals surface area contributed by atoms with Crippen molar-refractivity contribution in [2.45, 2.75) is 17.1 Å². The van der Waals surface area contributed by atoms with Crippen LogP contribution in [0.1, 0.15) is 16.4 Å². The Labute approximate surface area is 124 Å². The summed E-state index contributed by atoms with van der Waals surface area (Å²) in [6.07, 6.45) is 0. The van der Waals surface area contributed by atoms with Crippen LogP contribution in [-0.2, 0) is 9.84 Å². The maximum Gasteiger partial charge on any atom is 0.190 e. The zero-order chi connectivity index (χ0) is 14.8. The molecule has 0 bridgehead atoms. The minimum absolute atomic E-state index is 0.260. The van der Waals surface area contributed by atoms with Crippen LogP contribution in [0.3, 0.4) is 0 Å². The van der Waals surface area contributed by atoms with Gasteiger partial charge in [-0.2, -0.15) is 0 Å². The summed E-state index contributed by atoms with van der Waals surface area (Å²) in [6.45, 7) is 2.18. The molecule has 5 heteroatoms. The maximum absolute atomic E-state index is 12.7. The lowest BCUT2D eigenvalue weighted by Gasteiger charge is -2.15. The highest BCUT2D eigenvalue weighted by Crippen LogP contribution is 2.29. The van der Waals surface area contributed by atoms with Crippen LogP contribution in [0.25, 0.3) is 0 Å². The van der Waals surface area contributed by atoms with Crippen LogP contribution < -0.4 is 5.73 Å². The molecule has 2 aromatic carbocycles. The predicted octanol–water partition coefficient (Wildman–Crippen LogP) is 2.41. The van der Waals surface area contributed by atoms with Gasteiger partial charge in [0.15, 0.2) is 9.84 Å². The molecule has 106 valence electrons. The van der Waals surface area contributed by atoms with E-state index in [1.807, 2.05) is 6.92 Å². The Hall–Kier alpha value is -1.36. The van der Waals surface area contributed by atoms with Gasteiger partial charge in [0.1, 0.15) is 5.25 Å². The number of hydrogen-bond donors (Lipinski definition) is 1. The van der Waals surface area contributed by atoms with E-state index in [0.717, 1.165) is 5.56 Å². The van der Waals surface area contributed by atoms with Crippen molar-refractivity contribution in [1.29, 1.82) is 0 Å². The highest BCUT2D eigenvalue weighted by Gasteiger charge is 2.29. The van der Waals surface area contributed by atoms with Gasteiger partial charge >= 0.3 is 0 Å². The SMILES string of the molecule is Cc1ccc(S(=O)(=O)[C@@H](C[NH3+])c2cccc(Cl)c2)cc1. The average molecular weight is 311 g/mol. The Morgan fingerprint density at radius 1 is 1.15 bits per heavy atom. The second-order valence-corrected chi connectivity index (χ2v) is 7.26. The summed E-state index contributed by atoms with van der Waals surface area (Å²) in [5.41, 5.74) is 5.48. The largest absolute Gasteiger partial charge is 0.356 e. The van der Waals surface area contributed by atoms with Crippen molar-refractivity contribution in [2.75, 3.05) is 6.54 Å². The Morgan fingerprint density at radius 3 is 2.35 bits per heavy atom. The molecule has 1 atom stereocenters. The van der Waals surface area contributed by atoms with Crippen molar-refractivity contribution in [2.24, 2.45) is 0 Å². The Morgan fingerprint density at radius 2 is 1.80 bits per heavy atom. The number of benzene rings is 2. The summed E-state index contributed by atoms with van der Waals surface area (Å²) in [6, 6.07) is 13.8. The fourth-order valence-corrected chi connectivity index (χ4v) is 3.96. The summed E-state index contributed by atoms with van der Waals surface area (Å²) in [5.74, 6) is 0. The fraction of sp³-hybridized carbons (Fsp3) is 0.200. The van der Waals surface area contributed by atoms with Gasteiger partial charge in [-0.25, -0.2) is 8.42 Å². The van der Waals surface area contributed by atoms with Gasteiger partial charge in [0.2, 0.25) is 0 Å². The summed E-state index contributed by atoms with van der Waals surface area (Å²) in [4.78, 5) is 0.316. The maximum atomic E-state index is 12.7. The molecule has 0 saturated carbocycles. The van der Waals surface area contributed by atoms with E-state index in [0.29, 0.717) is 15.5 Å². The highest BCUT2D eigenvalue weighted by molar-refractivity contribution is 7.91. The standard InChI is InChI=1S/C15H16ClNO2S/c1-11-5-7-14(8-6-11)20(18,19)15(10-17)12-3-2-4-13(16)9-12/h2-9,15H,10,17H2,1H3/p+1/t15-/m0/s1. The van der Waals surface area contributed by atoms with Crippen LogP contribution in [0, 0.1) is 6.92 Å². The molecule has 0 aliphatic rings. The van der Waals surface area contributed by atoms with Crippen molar-refractivity contribution >= 4 is 21.4 Å². The number of aryl methyl sites for hydroxylation is 1. The molecule has 3 N–H and O–H groups in total. The third kappa shape index (κ3) is 3.03. The van der Waals surface area contributed by atoms with Gasteiger partial charge in [-0.05, 0) is 36.8 Å². The third-order valence-corrected chi connectivity index (χ3v) is 5.63. The second kappa shape index (κ2) is 5.95. The smallest absolute Gasteiger partial charge is 0.190 e. The first-order chi connectivity index (χ1) is 9.45. The Kier molecular flexibility index (Phi) is 4.48. The zero-order valence-electron chi connectivity index (χ0n) is 11.2. The lowest BCUT2D eigenvalue weighted by molar-refractivity contribution is -0.367. The summed E-state index contributed by atoms with van der Waals surface area (Å²) < 4.78 is 25.4. The first kappa shape index (κ1) is 15.0. The molecule has 0 spiro atoms. The molecular formula is C15H17ClNO2S+. The molecule has 3 nitrogen and oxygen atoms in total. The Balaban J connectivity index is 2.47. The van der Waals surface area contributed by atoms with E-state index < -0.39 is 15.1 Å². The van der Waals surface area contributed by atoms with Crippen molar-refractivity contribution in [3.05, 3.63) is 64.7 Å². The number of halogens is 1. The monoisotopic (exact) mass is 310 g/mol. The van der Waals surface area contributed by atoms with Gasteiger partial charge in [0.05, 0.1) is 11.4 Å².